The lowest BCUT2D eigenvalue weighted by atomic mass is 10.0. The number of hydrogen-bond donors (Lipinski definition) is 2. The molecule has 0 amide bonds. The molecule has 0 radical (unpaired) electrons. The van der Waals surface area contributed by atoms with E-state index in [0.717, 1.165) is 31.7 Å². The fourth-order valence-electron chi connectivity index (χ4n) is 2.71. The number of carboxylic acids is 1. The second-order valence-electron chi connectivity index (χ2n) is 5.32. The van der Waals surface area contributed by atoms with Gasteiger partial charge >= 0.3 is 5.97 Å². The van der Waals surface area contributed by atoms with Gasteiger partial charge in [-0.3, -0.25) is 14.6 Å². The van der Waals surface area contributed by atoms with E-state index in [-0.39, 0.29) is 6.04 Å². The Hall–Kier alpha value is -1.59. The van der Waals surface area contributed by atoms with Crippen molar-refractivity contribution in [2.45, 2.75) is 25.9 Å². The molecule has 0 aromatic heterocycles. The van der Waals surface area contributed by atoms with Gasteiger partial charge in [0.05, 0.1) is 0 Å². The third-order valence-corrected chi connectivity index (χ3v) is 4.19. The van der Waals surface area contributed by atoms with Gasteiger partial charge < -0.3 is 10.2 Å². The number of piperazine rings is 1. The van der Waals surface area contributed by atoms with E-state index in [9.17, 15) is 9.90 Å². The first kappa shape index (κ1) is 14.8. The third kappa shape index (κ3) is 3.11. The first-order valence-corrected chi connectivity index (χ1v) is 6.99. The number of para-hydroxylation sites is 1. The Morgan fingerprint density at radius 2 is 1.65 bits per heavy atom. The van der Waals surface area contributed by atoms with E-state index >= 15 is 0 Å². The van der Waals surface area contributed by atoms with Crippen LogP contribution in [0.25, 0.3) is 0 Å². The Morgan fingerprint density at radius 3 is 2.20 bits per heavy atom. The second-order valence-corrected chi connectivity index (χ2v) is 5.32. The molecule has 5 heteroatoms. The Balaban J connectivity index is 1.97. The number of aliphatic carboxylic acids is 1. The highest BCUT2D eigenvalue weighted by Gasteiger charge is 2.28. The predicted octanol–water partition coefficient (Wildman–Crippen LogP) is 1.54. The standard InChI is InChI=1S/C15H22N2O3/c1-11(13-5-3-4-6-14(13)18)16-7-9-17(10-8-16)12(2)15(19)20/h3-6,11-12,18H,7-10H2,1-2H3,(H,19,20). The van der Waals surface area contributed by atoms with Crippen LogP contribution >= 0.6 is 0 Å². The normalized spacial score (nSPS) is 20.5. The fourth-order valence-corrected chi connectivity index (χ4v) is 2.71. The Bertz CT molecular complexity index is 470. The lowest BCUT2D eigenvalue weighted by Crippen LogP contribution is -2.52. The minimum absolute atomic E-state index is 0.137. The highest BCUT2D eigenvalue weighted by molar-refractivity contribution is 5.72. The number of nitrogens with zero attached hydrogens (tertiary/aromatic N) is 2. The quantitative estimate of drug-likeness (QED) is 0.875. The fraction of sp³-hybridized carbons (Fsp3) is 0.533. The molecule has 1 aliphatic rings. The highest BCUT2D eigenvalue weighted by Crippen LogP contribution is 2.28. The predicted molar refractivity (Wildman–Crippen MR) is 76.8 cm³/mol. The van der Waals surface area contributed by atoms with Crippen molar-refractivity contribution >= 4 is 5.97 Å². The van der Waals surface area contributed by atoms with Crippen LogP contribution in [0.4, 0.5) is 0 Å². The maximum Gasteiger partial charge on any atom is 0.320 e. The van der Waals surface area contributed by atoms with Crippen LogP contribution in [-0.4, -0.2) is 58.2 Å². The van der Waals surface area contributed by atoms with Gasteiger partial charge in [-0.1, -0.05) is 18.2 Å². The zero-order valence-corrected chi connectivity index (χ0v) is 12.0. The largest absolute Gasteiger partial charge is 0.508 e. The topological polar surface area (TPSA) is 64.0 Å². The molecular formula is C15H22N2O3. The summed E-state index contributed by atoms with van der Waals surface area (Å²) in [7, 11) is 0. The minimum Gasteiger partial charge on any atom is -0.508 e. The summed E-state index contributed by atoms with van der Waals surface area (Å²) in [5, 5.41) is 18.9. The molecule has 2 atom stereocenters. The number of hydrogen-bond acceptors (Lipinski definition) is 4. The summed E-state index contributed by atoms with van der Waals surface area (Å²) in [5.74, 6) is -0.450. The van der Waals surface area contributed by atoms with Crippen LogP contribution in [0.1, 0.15) is 25.5 Å². The monoisotopic (exact) mass is 278 g/mol. The molecule has 1 fully saturated rings. The van der Waals surface area contributed by atoms with Crippen LogP contribution in [0.15, 0.2) is 24.3 Å². The molecule has 1 saturated heterocycles. The van der Waals surface area contributed by atoms with E-state index in [1.54, 1.807) is 13.0 Å². The summed E-state index contributed by atoms with van der Waals surface area (Å²) in [5.41, 5.74) is 0.923. The highest BCUT2D eigenvalue weighted by atomic mass is 16.4. The summed E-state index contributed by atoms with van der Waals surface area (Å²) in [6.45, 7) is 6.91. The molecule has 1 heterocycles. The maximum atomic E-state index is 11.0. The summed E-state index contributed by atoms with van der Waals surface area (Å²) >= 11 is 0. The Labute approximate surface area is 119 Å². The van der Waals surface area contributed by atoms with E-state index in [2.05, 4.69) is 11.8 Å². The summed E-state index contributed by atoms with van der Waals surface area (Å²) in [6, 6.07) is 7.09. The van der Waals surface area contributed by atoms with Gasteiger partial charge in [0.1, 0.15) is 11.8 Å². The molecule has 0 saturated carbocycles. The van der Waals surface area contributed by atoms with Crippen molar-refractivity contribution in [1.29, 1.82) is 0 Å². The number of carbonyl (C=O) groups is 1. The van der Waals surface area contributed by atoms with Gasteiger partial charge in [-0.05, 0) is 19.9 Å². The van der Waals surface area contributed by atoms with Crippen molar-refractivity contribution in [2.24, 2.45) is 0 Å². The van der Waals surface area contributed by atoms with Crippen LogP contribution in [-0.2, 0) is 4.79 Å². The number of rotatable bonds is 4. The molecule has 0 spiro atoms. The molecule has 1 aromatic rings. The number of aromatic hydroxyl groups is 1. The van der Waals surface area contributed by atoms with Gasteiger partial charge in [-0.25, -0.2) is 0 Å². The second kappa shape index (κ2) is 6.24. The van der Waals surface area contributed by atoms with E-state index in [1.165, 1.54) is 0 Å². The molecule has 110 valence electrons. The Kier molecular flexibility index (Phi) is 4.62. The molecular weight excluding hydrogens is 256 g/mol. The summed E-state index contributed by atoms with van der Waals surface area (Å²) < 4.78 is 0. The Morgan fingerprint density at radius 1 is 1.10 bits per heavy atom. The van der Waals surface area contributed by atoms with Crippen molar-refractivity contribution in [3.05, 3.63) is 29.8 Å². The van der Waals surface area contributed by atoms with E-state index in [1.807, 2.05) is 23.1 Å². The van der Waals surface area contributed by atoms with Gasteiger partial charge in [0.15, 0.2) is 0 Å². The van der Waals surface area contributed by atoms with Crippen LogP contribution < -0.4 is 0 Å². The molecule has 2 unspecified atom stereocenters. The smallest absolute Gasteiger partial charge is 0.320 e. The van der Waals surface area contributed by atoms with Crippen molar-refractivity contribution in [3.8, 4) is 5.75 Å². The minimum atomic E-state index is -0.771. The lowest BCUT2D eigenvalue weighted by molar-refractivity contribution is -0.143. The number of carboxylic acid groups (broad SMARTS) is 1. The molecule has 5 nitrogen and oxygen atoms in total. The number of phenolic OH excluding ortho intramolecular Hbond substituents is 1. The zero-order chi connectivity index (χ0) is 14.7. The van der Waals surface area contributed by atoms with Crippen LogP contribution in [0.3, 0.4) is 0 Å². The maximum absolute atomic E-state index is 11.0. The average molecular weight is 278 g/mol. The van der Waals surface area contributed by atoms with Crippen molar-refractivity contribution in [2.75, 3.05) is 26.2 Å². The van der Waals surface area contributed by atoms with Gasteiger partial charge in [-0.15, -0.1) is 0 Å². The first-order chi connectivity index (χ1) is 9.50. The SMILES string of the molecule is CC(C(=O)O)N1CCN(C(C)c2ccccc2O)CC1. The summed E-state index contributed by atoms with van der Waals surface area (Å²) in [6.07, 6.45) is 0. The average Bonchev–Trinajstić information content (AvgIpc) is 2.46. The van der Waals surface area contributed by atoms with Gasteiger partial charge in [0.2, 0.25) is 0 Å². The zero-order valence-electron chi connectivity index (χ0n) is 12.0. The first-order valence-electron chi connectivity index (χ1n) is 6.99. The summed E-state index contributed by atoms with van der Waals surface area (Å²) in [4.78, 5) is 15.3. The molecule has 20 heavy (non-hydrogen) atoms. The van der Waals surface area contributed by atoms with Gasteiger partial charge in [0, 0.05) is 37.8 Å². The molecule has 2 rings (SSSR count). The van der Waals surface area contributed by atoms with Crippen molar-refractivity contribution < 1.29 is 15.0 Å². The van der Waals surface area contributed by atoms with Crippen LogP contribution in [0.5, 0.6) is 5.75 Å². The van der Waals surface area contributed by atoms with Gasteiger partial charge in [0.25, 0.3) is 0 Å². The molecule has 0 aliphatic carbocycles. The van der Waals surface area contributed by atoms with E-state index in [0.29, 0.717) is 5.75 Å². The molecule has 1 aliphatic heterocycles. The van der Waals surface area contributed by atoms with Crippen LogP contribution in [0.2, 0.25) is 0 Å². The van der Waals surface area contributed by atoms with E-state index in [4.69, 9.17) is 5.11 Å². The van der Waals surface area contributed by atoms with E-state index < -0.39 is 12.0 Å². The number of benzene rings is 1. The van der Waals surface area contributed by atoms with Crippen LogP contribution in [0, 0.1) is 0 Å². The third-order valence-electron chi connectivity index (χ3n) is 4.19. The van der Waals surface area contributed by atoms with Gasteiger partial charge in [-0.2, -0.15) is 0 Å². The van der Waals surface area contributed by atoms with Crippen molar-refractivity contribution in [3.63, 3.8) is 0 Å². The molecule has 1 aromatic carbocycles. The van der Waals surface area contributed by atoms with Crippen molar-refractivity contribution in [1.82, 2.24) is 9.80 Å². The number of phenols is 1. The molecule has 0 bridgehead atoms. The molecule has 2 N–H and O–H groups in total. The lowest BCUT2D eigenvalue weighted by Gasteiger charge is -2.39.